The average molecular weight is 524 g/mol. The molecule has 9 heteroatoms. The SMILES string of the molecule is CCOc1nc2c(C(=O)c3ccccn3)cc(C3[Si](C)(C)CC[Si]3(C)C)cc2n1C(=O)OC(C)(C)C. The van der Waals surface area contributed by atoms with Gasteiger partial charge in [0.2, 0.25) is 5.78 Å². The molecule has 0 saturated carbocycles. The summed E-state index contributed by atoms with van der Waals surface area (Å²) in [6.07, 6.45) is 1.05. The van der Waals surface area contributed by atoms with Gasteiger partial charge >= 0.3 is 12.1 Å². The number of aromatic nitrogens is 3. The molecule has 4 rings (SSSR count). The van der Waals surface area contributed by atoms with Crippen molar-refractivity contribution in [2.75, 3.05) is 6.61 Å². The van der Waals surface area contributed by atoms with Gasteiger partial charge < -0.3 is 9.47 Å². The number of imidazole rings is 1. The van der Waals surface area contributed by atoms with Crippen LogP contribution in [0.1, 0.15) is 54.5 Å². The number of ketones is 1. The van der Waals surface area contributed by atoms with E-state index in [1.54, 1.807) is 24.4 Å². The topological polar surface area (TPSA) is 83.3 Å². The molecule has 7 nitrogen and oxygen atoms in total. The van der Waals surface area contributed by atoms with Gasteiger partial charge in [-0.2, -0.15) is 9.55 Å². The van der Waals surface area contributed by atoms with Crippen LogP contribution in [0.3, 0.4) is 0 Å². The number of hydrogen-bond donors (Lipinski definition) is 0. The lowest BCUT2D eigenvalue weighted by molar-refractivity contribution is 0.0527. The first kappa shape index (κ1) is 26.3. The van der Waals surface area contributed by atoms with Crippen LogP contribution in [0.5, 0.6) is 6.01 Å². The van der Waals surface area contributed by atoms with Crippen LogP contribution in [0.4, 0.5) is 4.79 Å². The van der Waals surface area contributed by atoms with Crippen molar-refractivity contribution in [1.29, 1.82) is 0 Å². The van der Waals surface area contributed by atoms with Gasteiger partial charge in [0.15, 0.2) is 0 Å². The molecule has 36 heavy (non-hydrogen) atoms. The highest BCUT2D eigenvalue weighted by Gasteiger charge is 2.50. The first-order valence-corrected chi connectivity index (χ1v) is 19.2. The molecule has 0 atom stereocenters. The van der Waals surface area contributed by atoms with Crippen molar-refractivity contribution < 1.29 is 19.1 Å². The molecule has 3 aromatic rings. The van der Waals surface area contributed by atoms with Crippen LogP contribution >= 0.6 is 0 Å². The van der Waals surface area contributed by atoms with Crippen molar-refractivity contribution in [1.82, 2.24) is 14.5 Å². The highest BCUT2D eigenvalue weighted by molar-refractivity contribution is 7.01. The van der Waals surface area contributed by atoms with E-state index in [0.29, 0.717) is 34.1 Å². The fourth-order valence-corrected chi connectivity index (χ4v) is 23.0. The van der Waals surface area contributed by atoms with Gasteiger partial charge in [-0.25, -0.2) is 4.79 Å². The monoisotopic (exact) mass is 523 g/mol. The first-order valence-electron chi connectivity index (χ1n) is 12.6. The molecule has 3 heterocycles. The second kappa shape index (κ2) is 9.26. The van der Waals surface area contributed by atoms with Crippen LogP contribution in [0.15, 0.2) is 36.5 Å². The van der Waals surface area contributed by atoms with Crippen molar-refractivity contribution in [3.05, 3.63) is 53.3 Å². The zero-order valence-electron chi connectivity index (χ0n) is 22.6. The van der Waals surface area contributed by atoms with Gasteiger partial charge in [-0.3, -0.25) is 9.78 Å². The fraction of sp³-hybridized carbons (Fsp3) is 0.481. The van der Waals surface area contributed by atoms with Crippen LogP contribution in [0.2, 0.25) is 38.3 Å². The third-order valence-electron chi connectivity index (χ3n) is 7.05. The molecule has 0 amide bonds. The summed E-state index contributed by atoms with van der Waals surface area (Å²) >= 11 is 0. The molecular weight excluding hydrogens is 486 g/mol. The first-order chi connectivity index (χ1) is 16.7. The zero-order valence-corrected chi connectivity index (χ0v) is 24.6. The lowest BCUT2D eigenvalue weighted by Crippen LogP contribution is -2.41. The van der Waals surface area contributed by atoms with Gasteiger partial charge in [-0.05, 0) is 62.7 Å². The Bertz CT molecular complexity index is 1290. The quantitative estimate of drug-likeness (QED) is 0.283. The second-order valence-corrected chi connectivity index (χ2v) is 22.7. The molecule has 1 fully saturated rings. The second-order valence-electron chi connectivity index (χ2n) is 12.0. The van der Waals surface area contributed by atoms with Gasteiger partial charge in [0.1, 0.15) is 16.8 Å². The van der Waals surface area contributed by atoms with Crippen LogP contribution in [0.25, 0.3) is 11.0 Å². The van der Waals surface area contributed by atoms with E-state index in [9.17, 15) is 9.59 Å². The van der Waals surface area contributed by atoms with Crippen LogP contribution < -0.4 is 4.74 Å². The summed E-state index contributed by atoms with van der Waals surface area (Å²) in [6.45, 7) is 17.4. The van der Waals surface area contributed by atoms with Crippen LogP contribution in [-0.4, -0.2) is 54.8 Å². The number of rotatable bonds is 5. The molecule has 1 aromatic carbocycles. The van der Waals surface area contributed by atoms with E-state index in [1.807, 2.05) is 33.8 Å². The fourth-order valence-electron chi connectivity index (χ4n) is 5.76. The largest absolute Gasteiger partial charge is 0.465 e. The standard InChI is InChI=1S/C27H37N3O4Si2/c1-9-33-25-29-22-19(23(31)20-12-10-11-13-28-20)16-18(24-35(5,6)14-15-36(24,7)8)17-21(22)30(25)26(32)34-27(2,3)4/h10-13,16-17,24H,9,14-15H2,1-8H3. The number of pyridine rings is 1. The van der Waals surface area contributed by atoms with E-state index in [1.165, 1.54) is 16.7 Å². The predicted molar refractivity (Wildman–Crippen MR) is 148 cm³/mol. The molecule has 0 unspecified atom stereocenters. The Hall–Kier alpha value is -2.79. The maximum Gasteiger partial charge on any atom is 0.423 e. The summed E-state index contributed by atoms with van der Waals surface area (Å²) in [5.74, 6) is -0.212. The van der Waals surface area contributed by atoms with E-state index in [0.717, 1.165) is 5.56 Å². The van der Waals surface area contributed by atoms with E-state index in [-0.39, 0.29) is 11.8 Å². The lowest BCUT2D eigenvalue weighted by atomic mass is 10.0. The molecule has 0 radical (unpaired) electrons. The third-order valence-corrected chi connectivity index (χ3v) is 19.1. The number of benzene rings is 1. The highest BCUT2D eigenvalue weighted by Crippen LogP contribution is 2.49. The summed E-state index contributed by atoms with van der Waals surface area (Å²) in [5.41, 5.74) is 2.20. The molecule has 0 N–H and O–H groups in total. The molecule has 0 bridgehead atoms. The number of ether oxygens (including phenoxy) is 2. The number of nitrogens with zero attached hydrogens (tertiary/aromatic N) is 3. The molecule has 1 aliphatic rings. The zero-order chi connectivity index (χ0) is 26.5. The molecule has 0 spiro atoms. The lowest BCUT2D eigenvalue weighted by Gasteiger charge is -2.34. The number of fused-ring (bicyclic) bond motifs is 1. The Morgan fingerprint density at radius 1 is 1.08 bits per heavy atom. The predicted octanol–water partition coefficient (Wildman–Crippen LogP) is 6.44. The third kappa shape index (κ3) is 4.91. The number of carbonyl (C=O) groups is 2. The minimum absolute atomic E-state index is 0.133. The smallest absolute Gasteiger partial charge is 0.423 e. The summed E-state index contributed by atoms with van der Waals surface area (Å²) in [7, 11) is -3.21. The van der Waals surface area contributed by atoms with Gasteiger partial charge in [0, 0.05) is 6.20 Å². The molecule has 0 aliphatic carbocycles. The van der Waals surface area contributed by atoms with Gasteiger partial charge in [-0.15, -0.1) is 0 Å². The highest BCUT2D eigenvalue weighted by atomic mass is 28.4. The number of hydrogen-bond acceptors (Lipinski definition) is 6. The molecular formula is C27H37N3O4Si2. The molecule has 1 aliphatic heterocycles. The van der Waals surface area contributed by atoms with Gasteiger partial charge in [0.25, 0.3) is 0 Å². The normalized spacial score (nSPS) is 17.3. The Balaban J connectivity index is 2.03. The maximum atomic E-state index is 13.8. The van der Waals surface area contributed by atoms with Crippen molar-refractivity contribution in [3.8, 4) is 6.01 Å². The number of carbonyl (C=O) groups excluding carboxylic acids is 2. The summed E-state index contributed by atoms with van der Waals surface area (Å²) in [6, 6.07) is 12.0. The summed E-state index contributed by atoms with van der Waals surface area (Å²) in [4.78, 5) is 36.2. The molecule has 2 aromatic heterocycles. The van der Waals surface area contributed by atoms with Crippen LogP contribution in [-0.2, 0) is 4.74 Å². The molecule has 192 valence electrons. The van der Waals surface area contributed by atoms with E-state index >= 15 is 0 Å². The average Bonchev–Trinajstić information content (AvgIpc) is 3.25. The van der Waals surface area contributed by atoms with Gasteiger partial charge in [-0.1, -0.05) is 44.3 Å². The Morgan fingerprint density at radius 2 is 1.75 bits per heavy atom. The minimum atomic E-state index is -1.60. The summed E-state index contributed by atoms with van der Waals surface area (Å²) in [5, 5.41) is 0.446. The Labute approximate surface area is 215 Å². The maximum absolute atomic E-state index is 13.8. The Morgan fingerprint density at radius 3 is 2.31 bits per heavy atom. The molecule has 1 saturated heterocycles. The Kier molecular flexibility index (Phi) is 6.76. The van der Waals surface area contributed by atoms with E-state index in [2.05, 4.69) is 42.2 Å². The van der Waals surface area contributed by atoms with Crippen molar-refractivity contribution in [3.63, 3.8) is 0 Å². The summed E-state index contributed by atoms with van der Waals surface area (Å²) < 4.78 is 12.9. The van der Waals surface area contributed by atoms with Crippen LogP contribution in [0, 0.1) is 0 Å². The van der Waals surface area contributed by atoms with Crippen molar-refractivity contribution >= 4 is 39.1 Å². The van der Waals surface area contributed by atoms with Crippen molar-refractivity contribution in [2.24, 2.45) is 0 Å². The van der Waals surface area contributed by atoms with E-state index < -0.39 is 27.8 Å². The van der Waals surface area contributed by atoms with Crippen molar-refractivity contribution in [2.45, 2.75) is 76.7 Å². The minimum Gasteiger partial charge on any atom is -0.465 e. The van der Waals surface area contributed by atoms with Gasteiger partial charge in [0.05, 0.1) is 33.8 Å². The van der Waals surface area contributed by atoms with E-state index in [4.69, 9.17) is 9.47 Å².